The lowest BCUT2D eigenvalue weighted by Crippen LogP contribution is -2.45. The van der Waals surface area contributed by atoms with Gasteiger partial charge in [0, 0.05) is 18.1 Å². The van der Waals surface area contributed by atoms with Crippen molar-refractivity contribution in [3.05, 3.63) is 71.3 Å². The van der Waals surface area contributed by atoms with Crippen molar-refractivity contribution >= 4 is 24.0 Å². The number of phenolic OH excluding ortho intramolecular Hbond substituents is 3. The minimum absolute atomic E-state index is 0.251. The highest BCUT2D eigenvalue weighted by atomic mass is 16.6. The second kappa shape index (κ2) is 9.88. The highest BCUT2D eigenvalue weighted by Gasteiger charge is 2.38. The number of rotatable bonds is 6. The molecule has 10 nitrogen and oxygen atoms in total. The summed E-state index contributed by atoms with van der Waals surface area (Å²) in [6.45, 7) is 0. The summed E-state index contributed by atoms with van der Waals surface area (Å²) in [6, 6.07) is 10.5. The molecule has 33 heavy (non-hydrogen) atoms. The van der Waals surface area contributed by atoms with Gasteiger partial charge in [-0.15, -0.1) is 0 Å². The molecule has 5 N–H and O–H groups in total. The van der Waals surface area contributed by atoms with Gasteiger partial charge in [0.05, 0.1) is 5.56 Å². The van der Waals surface area contributed by atoms with Crippen LogP contribution in [0.3, 0.4) is 0 Å². The average Bonchev–Trinajstić information content (AvgIpc) is 2.78. The van der Waals surface area contributed by atoms with E-state index in [0.717, 1.165) is 29.8 Å². The Morgan fingerprint density at radius 3 is 2.21 bits per heavy atom. The van der Waals surface area contributed by atoms with Crippen LogP contribution in [0.1, 0.15) is 22.3 Å². The Bertz CT molecular complexity index is 1100. The van der Waals surface area contributed by atoms with Crippen molar-refractivity contribution in [3.63, 3.8) is 0 Å². The van der Waals surface area contributed by atoms with E-state index >= 15 is 0 Å². The highest BCUT2D eigenvalue weighted by Crippen LogP contribution is 2.36. The van der Waals surface area contributed by atoms with E-state index in [0.29, 0.717) is 0 Å². The monoisotopic (exact) mass is 456 g/mol. The van der Waals surface area contributed by atoms with Crippen LogP contribution in [-0.2, 0) is 19.1 Å². The lowest BCUT2D eigenvalue weighted by atomic mass is 9.92. The van der Waals surface area contributed by atoms with Crippen molar-refractivity contribution in [1.82, 2.24) is 0 Å². The van der Waals surface area contributed by atoms with Gasteiger partial charge in [0.15, 0.2) is 23.4 Å². The van der Waals surface area contributed by atoms with Crippen molar-refractivity contribution in [2.75, 3.05) is 0 Å². The predicted octanol–water partition coefficient (Wildman–Crippen LogP) is 1.73. The summed E-state index contributed by atoms with van der Waals surface area (Å²) < 4.78 is 10.3. The number of aliphatic hydroxyl groups is 1. The smallest absolute Gasteiger partial charge is 0.339 e. The fraction of sp³-hybridized carbons (Fsp3) is 0.174. The molecule has 0 aromatic heterocycles. The van der Waals surface area contributed by atoms with Gasteiger partial charge in [-0.1, -0.05) is 30.3 Å². The predicted molar refractivity (Wildman–Crippen MR) is 112 cm³/mol. The van der Waals surface area contributed by atoms with Gasteiger partial charge >= 0.3 is 17.9 Å². The van der Waals surface area contributed by atoms with Gasteiger partial charge in [-0.05, 0) is 29.8 Å². The maximum Gasteiger partial charge on any atom is 0.339 e. The molecule has 10 heteroatoms. The Labute approximate surface area is 187 Å². The molecule has 0 spiro atoms. The van der Waals surface area contributed by atoms with Gasteiger partial charge < -0.3 is 35.0 Å². The third-order valence-corrected chi connectivity index (χ3v) is 4.81. The van der Waals surface area contributed by atoms with Crippen LogP contribution < -0.4 is 0 Å². The number of carbonyl (C=O) groups is 3. The SMILES string of the molecule is O=C(C=Cc1ccccc1)O[C@H]1CC(C(=O)O)=C[C@@H](OC(=O)c2cc(O)c(O)c(O)c2)[C@@H]1O. The van der Waals surface area contributed by atoms with E-state index in [1.54, 1.807) is 30.3 Å². The second-order valence-corrected chi connectivity index (χ2v) is 7.14. The fourth-order valence-corrected chi connectivity index (χ4v) is 3.12. The van der Waals surface area contributed by atoms with Gasteiger partial charge in [0.1, 0.15) is 12.2 Å². The third-order valence-electron chi connectivity index (χ3n) is 4.81. The molecule has 0 fully saturated rings. The molecule has 0 bridgehead atoms. The number of benzene rings is 2. The quantitative estimate of drug-likeness (QED) is 0.245. The molecule has 2 aromatic rings. The third kappa shape index (κ3) is 5.69. The number of aliphatic carboxylic acids is 1. The summed E-state index contributed by atoms with van der Waals surface area (Å²) >= 11 is 0. The molecule has 2 aromatic carbocycles. The second-order valence-electron chi connectivity index (χ2n) is 7.14. The zero-order valence-corrected chi connectivity index (χ0v) is 17.0. The summed E-state index contributed by atoms with van der Waals surface area (Å²) in [6.07, 6.45) is -1.15. The van der Waals surface area contributed by atoms with E-state index in [1.807, 2.05) is 0 Å². The maximum atomic E-state index is 12.4. The highest BCUT2D eigenvalue weighted by molar-refractivity contribution is 5.92. The first-order chi connectivity index (χ1) is 15.7. The van der Waals surface area contributed by atoms with Gasteiger partial charge in [0.25, 0.3) is 0 Å². The fourth-order valence-electron chi connectivity index (χ4n) is 3.12. The van der Waals surface area contributed by atoms with Crippen LogP contribution in [0.2, 0.25) is 0 Å². The number of carbonyl (C=O) groups excluding carboxylic acids is 2. The molecule has 0 heterocycles. The maximum absolute atomic E-state index is 12.4. The molecule has 3 rings (SSSR count). The Hall–Kier alpha value is -4.31. The van der Waals surface area contributed by atoms with Crippen LogP contribution in [0.25, 0.3) is 6.08 Å². The van der Waals surface area contributed by atoms with E-state index in [1.165, 1.54) is 6.08 Å². The van der Waals surface area contributed by atoms with Crippen LogP contribution >= 0.6 is 0 Å². The Morgan fingerprint density at radius 1 is 0.970 bits per heavy atom. The summed E-state index contributed by atoms with van der Waals surface area (Å²) in [5.74, 6) is -5.75. The molecular formula is C23H20O10. The van der Waals surface area contributed by atoms with Crippen molar-refractivity contribution in [3.8, 4) is 17.2 Å². The molecule has 3 atom stereocenters. The average molecular weight is 456 g/mol. The lowest BCUT2D eigenvalue weighted by molar-refractivity contribution is -0.154. The largest absolute Gasteiger partial charge is 0.504 e. The topological polar surface area (TPSA) is 171 Å². The van der Waals surface area contributed by atoms with E-state index in [9.17, 15) is 39.9 Å². The molecule has 0 saturated carbocycles. The van der Waals surface area contributed by atoms with Gasteiger partial charge in [0.2, 0.25) is 0 Å². The molecule has 0 amide bonds. The standard InChI is InChI=1S/C23H20O10/c24-15-8-14(9-16(25)20(15)27)23(31)33-18-11-13(22(29)30)10-17(21(18)28)32-19(26)7-6-12-4-2-1-3-5-12/h1-9,11,17-18,21,24-25,27-28H,10H2,(H,29,30)/t17-,18+,21+/m0/s1. The van der Waals surface area contributed by atoms with Gasteiger partial charge in [-0.25, -0.2) is 14.4 Å². The molecule has 1 aliphatic rings. The number of esters is 2. The minimum Gasteiger partial charge on any atom is -0.504 e. The molecule has 1 aliphatic carbocycles. The number of carboxylic acid groups (broad SMARTS) is 1. The number of carboxylic acids is 1. The number of aliphatic hydroxyl groups excluding tert-OH is 1. The zero-order valence-electron chi connectivity index (χ0n) is 17.0. The van der Waals surface area contributed by atoms with Crippen molar-refractivity contribution < 1.29 is 49.4 Å². The summed E-state index contributed by atoms with van der Waals surface area (Å²) in [7, 11) is 0. The lowest BCUT2D eigenvalue weighted by Gasteiger charge is -2.31. The number of ether oxygens (including phenoxy) is 2. The molecule has 172 valence electrons. The number of aromatic hydroxyl groups is 3. The normalized spacial score (nSPS) is 20.2. The van der Waals surface area contributed by atoms with Crippen LogP contribution in [0.4, 0.5) is 0 Å². The number of hydrogen-bond donors (Lipinski definition) is 5. The zero-order chi connectivity index (χ0) is 24.1. The Balaban J connectivity index is 1.75. The first-order valence-corrected chi connectivity index (χ1v) is 9.67. The van der Waals surface area contributed by atoms with Crippen LogP contribution in [0.15, 0.2) is 60.2 Å². The molecule has 0 aliphatic heterocycles. The molecular weight excluding hydrogens is 436 g/mol. The van der Waals surface area contributed by atoms with Gasteiger partial charge in [-0.3, -0.25) is 0 Å². The first kappa shape index (κ1) is 23.4. The van der Waals surface area contributed by atoms with Crippen LogP contribution in [0, 0.1) is 0 Å². The molecule has 0 radical (unpaired) electrons. The summed E-state index contributed by atoms with van der Waals surface area (Å²) in [5, 5.41) is 48.4. The first-order valence-electron chi connectivity index (χ1n) is 9.67. The molecule has 0 saturated heterocycles. The summed E-state index contributed by atoms with van der Waals surface area (Å²) in [4.78, 5) is 36.1. The van der Waals surface area contributed by atoms with Crippen LogP contribution in [0.5, 0.6) is 17.2 Å². The van der Waals surface area contributed by atoms with Crippen molar-refractivity contribution in [1.29, 1.82) is 0 Å². The Morgan fingerprint density at radius 2 is 1.61 bits per heavy atom. The minimum atomic E-state index is -1.59. The van der Waals surface area contributed by atoms with E-state index in [2.05, 4.69) is 0 Å². The van der Waals surface area contributed by atoms with Crippen LogP contribution in [-0.4, -0.2) is 61.8 Å². The van der Waals surface area contributed by atoms with E-state index in [-0.39, 0.29) is 17.6 Å². The van der Waals surface area contributed by atoms with E-state index < -0.39 is 53.5 Å². The molecule has 0 unspecified atom stereocenters. The Kier molecular flexibility index (Phi) is 6.99. The van der Waals surface area contributed by atoms with Gasteiger partial charge in [-0.2, -0.15) is 0 Å². The summed E-state index contributed by atoms with van der Waals surface area (Å²) in [5.41, 5.74) is 0.0986. The van der Waals surface area contributed by atoms with E-state index in [4.69, 9.17) is 9.47 Å². The van der Waals surface area contributed by atoms with Crippen molar-refractivity contribution in [2.24, 2.45) is 0 Å². The number of phenols is 3. The number of hydrogen-bond acceptors (Lipinski definition) is 9. The van der Waals surface area contributed by atoms with Crippen molar-refractivity contribution in [2.45, 2.75) is 24.7 Å².